The fourth-order valence-electron chi connectivity index (χ4n) is 2.64. The number of ketones is 1. The van der Waals surface area contributed by atoms with Crippen molar-refractivity contribution in [1.82, 2.24) is 14.7 Å². The normalized spacial score (nSPS) is 10.8. The number of benzene rings is 1. The van der Waals surface area contributed by atoms with E-state index in [1.165, 1.54) is 18.2 Å². The standard InChI is InChI=1S/C19H18FN3O2/c20-16-7-2-1-6-15(16)17(24)8-9-19(25)21-11-10-18-22-13-14-5-3-4-12-23(14)18/h1-7,12-13H,8-11H2,(H,21,25). The molecule has 5 nitrogen and oxygen atoms in total. The third-order valence-corrected chi connectivity index (χ3v) is 3.94. The predicted octanol–water partition coefficient (Wildman–Crippen LogP) is 2.80. The van der Waals surface area contributed by atoms with Crippen LogP contribution in [0.5, 0.6) is 0 Å². The number of hydrogen-bond donors (Lipinski definition) is 1. The second-order valence-electron chi connectivity index (χ2n) is 5.67. The van der Waals surface area contributed by atoms with Gasteiger partial charge in [-0.15, -0.1) is 0 Å². The second kappa shape index (κ2) is 7.70. The van der Waals surface area contributed by atoms with Crippen LogP contribution in [0, 0.1) is 5.82 Å². The molecule has 1 N–H and O–H groups in total. The minimum Gasteiger partial charge on any atom is -0.356 e. The Bertz CT molecular complexity index is 904. The number of amides is 1. The number of aromatic nitrogens is 2. The lowest BCUT2D eigenvalue weighted by molar-refractivity contribution is -0.121. The Morgan fingerprint density at radius 3 is 2.72 bits per heavy atom. The Kier molecular flexibility index (Phi) is 5.18. The summed E-state index contributed by atoms with van der Waals surface area (Å²) < 4.78 is 15.5. The molecule has 2 heterocycles. The molecule has 1 amide bonds. The number of rotatable bonds is 7. The highest BCUT2D eigenvalue weighted by molar-refractivity contribution is 5.98. The second-order valence-corrected chi connectivity index (χ2v) is 5.67. The minimum absolute atomic E-state index is 0.0148. The van der Waals surface area contributed by atoms with E-state index in [2.05, 4.69) is 10.3 Å². The zero-order valence-corrected chi connectivity index (χ0v) is 13.6. The van der Waals surface area contributed by atoms with E-state index in [0.29, 0.717) is 13.0 Å². The molecule has 1 aromatic carbocycles. The topological polar surface area (TPSA) is 63.5 Å². The largest absolute Gasteiger partial charge is 0.356 e. The maximum absolute atomic E-state index is 13.5. The number of hydrogen-bond acceptors (Lipinski definition) is 3. The first-order chi connectivity index (χ1) is 12.1. The molecule has 0 fully saturated rings. The lowest BCUT2D eigenvalue weighted by Gasteiger charge is -2.05. The molecular formula is C19H18FN3O2. The number of carbonyl (C=O) groups excluding carboxylic acids is 2. The molecule has 0 bridgehead atoms. The van der Waals surface area contributed by atoms with Gasteiger partial charge in [0.25, 0.3) is 0 Å². The summed E-state index contributed by atoms with van der Waals surface area (Å²) in [6.07, 6.45) is 4.32. The van der Waals surface area contributed by atoms with Crippen molar-refractivity contribution in [3.05, 3.63) is 72.1 Å². The molecule has 128 valence electrons. The third kappa shape index (κ3) is 4.09. The van der Waals surface area contributed by atoms with Crippen molar-refractivity contribution in [2.24, 2.45) is 0 Å². The highest BCUT2D eigenvalue weighted by Gasteiger charge is 2.13. The first-order valence-corrected chi connectivity index (χ1v) is 8.10. The van der Waals surface area contributed by atoms with Gasteiger partial charge in [-0.05, 0) is 24.3 Å². The Morgan fingerprint density at radius 1 is 1.08 bits per heavy atom. The van der Waals surface area contributed by atoms with Gasteiger partial charge in [0.1, 0.15) is 11.6 Å². The molecular weight excluding hydrogens is 321 g/mol. The van der Waals surface area contributed by atoms with Crippen LogP contribution in [-0.2, 0) is 11.2 Å². The number of pyridine rings is 1. The van der Waals surface area contributed by atoms with Crippen LogP contribution in [-0.4, -0.2) is 27.6 Å². The predicted molar refractivity (Wildman–Crippen MR) is 91.9 cm³/mol. The molecule has 0 saturated carbocycles. The average Bonchev–Trinajstić information content (AvgIpc) is 3.03. The van der Waals surface area contributed by atoms with E-state index in [1.54, 1.807) is 12.3 Å². The van der Waals surface area contributed by atoms with Gasteiger partial charge in [-0.3, -0.25) is 9.59 Å². The number of carbonyl (C=O) groups is 2. The number of nitrogens with zero attached hydrogens (tertiary/aromatic N) is 2. The summed E-state index contributed by atoms with van der Waals surface area (Å²) in [5, 5.41) is 2.77. The van der Waals surface area contributed by atoms with E-state index in [1.807, 2.05) is 28.8 Å². The van der Waals surface area contributed by atoms with Crippen molar-refractivity contribution in [3.8, 4) is 0 Å². The van der Waals surface area contributed by atoms with Crippen LogP contribution in [0.15, 0.2) is 54.9 Å². The molecule has 3 aromatic rings. The molecule has 0 aliphatic carbocycles. The summed E-state index contributed by atoms with van der Waals surface area (Å²) in [4.78, 5) is 28.1. The van der Waals surface area contributed by atoms with Crippen molar-refractivity contribution < 1.29 is 14.0 Å². The quantitative estimate of drug-likeness (QED) is 0.673. The molecule has 0 saturated heterocycles. The summed E-state index contributed by atoms with van der Waals surface area (Å²) in [5.74, 6) is -0.296. The number of fused-ring (bicyclic) bond motifs is 1. The molecule has 2 aromatic heterocycles. The fourth-order valence-corrected chi connectivity index (χ4v) is 2.64. The van der Waals surface area contributed by atoms with E-state index in [4.69, 9.17) is 0 Å². The summed E-state index contributed by atoms with van der Waals surface area (Å²) in [6, 6.07) is 11.6. The van der Waals surface area contributed by atoms with Crippen LogP contribution in [0.2, 0.25) is 0 Å². The van der Waals surface area contributed by atoms with Crippen molar-refractivity contribution in [1.29, 1.82) is 0 Å². The summed E-state index contributed by atoms with van der Waals surface area (Å²) in [6.45, 7) is 0.431. The third-order valence-electron chi connectivity index (χ3n) is 3.94. The van der Waals surface area contributed by atoms with Crippen LogP contribution < -0.4 is 5.32 Å². The first-order valence-electron chi connectivity index (χ1n) is 8.10. The van der Waals surface area contributed by atoms with Crippen molar-refractivity contribution in [3.63, 3.8) is 0 Å². The molecule has 0 unspecified atom stereocenters. The van der Waals surface area contributed by atoms with Crippen LogP contribution in [0.1, 0.15) is 29.0 Å². The molecule has 25 heavy (non-hydrogen) atoms. The zero-order valence-electron chi connectivity index (χ0n) is 13.6. The molecule has 0 aliphatic heterocycles. The van der Waals surface area contributed by atoms with Gasteiger partial charge in [-0.25, -0.2) is 9.37 Å². The molecule has 0 aliphatic rings. The van der Waals surface area contributed by atoms with Crippen LogP contribution in [0.3, 0.4) is 0 Å². The number of nitrogens with one attached hydrogen (secondary N) is 1. The Morgan fingerprint density at radius 2 is 1.88 bits per heavy atom. The maximum Gasteiger partial charge on any atom is 0.220 e. The summed E-state index contributed by atoms with van der Waals surface area (Å²) in [5.41, 5.74) is 1.03. The summed E-state index contributed by atoms with van der Waals surface area (Å²) in [7, 11) is 0. The Hall–Kier alpha value is -3.02. The van der Waals surface area contributed by atoms with Gasteiger partial charge >= 0.3 is 0 Å². The minimum atomic E-state index is -0.556. The fraction of sp³-hybridized carbons (Fsp3) is 0.211. The van der Waals surface area contributed by atoms with E-state index >= 15 is 0 Å². The van der Waals surface area contributed by atoms with Gasteiger partial charge in [0.05, 0.1) is 17.3 Å². The van der Waals surface area contributed by atoms with Gasteiger partial charge in [0.15, 0.2) is 5.78 Å². The maximum atomic E-state index is 13.5. The highest BCUT2D eigenvalue weighted by Crippen LogP contribution is 2.10. The Balaban J connectivity index is 1.45. The molecule has 0 spiro atoms. The van der Waals surface area contributed by atoms with Crippen molar-refractivity contribution in [2.45, 2.75) is 19.3 Å². The van der Waals surface area contributed by atoms with Crippen LogP contribution in [0.4, 0.5) is 4.39 Å². The van der Waals surface area contributed by atoms with E-state index in [0.717, 1.165) is 11.3 Å². The molecule has 6 heteroatoms. The van der Waals surface area contributed by atoms with Crippen LogP contribution >= 0.6 is 0 Å². The molecule has 3 rings (SSSR count). The lowest BCUT2D eigenvalue weighted by atomic mass is 10.1. The summed E-state index contributed by atoms with van der Waals surface area (Å²) >= 11 is 0. The Labute approximate surface area is 144 Å². The SMILES string of the molecule is O=C(CCC(=O)c1ccccc1F)NCCc1ncc2ccccn12. The van der Waals surface area contributed by atoms with E-state index in [9.17, 15) is 14.0 Å². The zero-order chi connectivity index (χ0) is 17.6. The smallest absolute Gasteiger partial charge is 0.220 e. The number of halogens is 1. The molecule has 0 atom stereocenters. The highest BCUT2D eigenvalue weighted by atomic mass is 19.1. The van der Waals surface area contributed by atoms with Gasteiger partial charge < -0.3 is 9.72 Å². The van der Waals surface area contributed by atoms with Crippen molar-refractivity contribution in [2.75, 3.05) is 6.54 Å². The van der Waals surface area contributed by atoms with Gasteiger partial charge in [0.2, 0.25) is 5.91 Å². The average molecular weight is 339 g/mol. The lowest BCUT2D eigenvalue weighted by Crippen LogP contribution is -2.26. The van der Waals surface area contributed by atoms with Gasteiger partial charge in [-0.1, -0.05) is 18.2 Å². The van der Waals surface area contributed by atoms with Gasteiger partial charge in [0, 0.05) is 32.0 Å². The number of Topliss-reactive ketones (excluding diaryl/α,β-unsaturated/α-hetero) is 1. The first kappa shape index (κ1) is 16.8. The molecule has 0 radical (unpaired) electrons. The van der Waals surface area contributed by atoms with E-state index in [-0.39, 0.29) is 30.1 Å². The van der Waals surface area contributed by atoms with Crippen LogP contribution in [0.25, 0.3) is 5.52 Å². The van der Waals surface area contributed by atoms with E-state index < -0.39 is 5.82 Å². The number of imidazole rings is 1. The van der Waals surface area contributed by atoms with Gasteiger partial charge in [-0.2, -0.15) is 0 Å². The monoisotopic (exact) mass is 339 g/mol. The van der Waals surface area contributed by atoms with Crippen molar-refractivity contribution >= 4 is 17.2 Å².